The van der Waals surface area contributed by atoms with Crippen LogP contribution in [0, 0.1) is 11.3 Å². The standard InChI is InChI=1S/C8H14/c1-8-5-3-2-4-7(8)6-8/h7H,2-6H2,1H3. The molecule has 46 valence electrons. The molecule has 8 heavy (non-hydrogen) atoms. The van der Waals surface area contributed by atoms with Gasteiger partial charge >= 0.3 is 0 Å². The van der Waals surface area contributed by atoms with Crippen LogP contribution in [0.5, 0.6) is 0 Å². The molecule has 2 aliphatic rings. The fraction of sp³-hybridized carbons (Fsp3) is 1.00. The minimum absolute atomic E-state index is 0.845. The van der Waals surface area contributed by atoms with Crippen molar-refractivity contribution in [3.05, 3.63) is 0 Å². The predicted molar refractivity (Wildman–Crippen MR) is 34.7 cm³/mol. The van der Waals surface area contributed by atoms with Crippen LogP contribution in [0.25, 0.3) is 0 Å². The Hall–Kier alpha value is 0. The van der Waals surface area contributed by atoms with E-state index in [0.29, 0.717) is 0 Å². The predicted octanol–water partition coefficient (Wildman–Crippen LogP) is 2.59. The van der Waals surface area contributed by atoms with Crippen LogP contribution in [0.4, 0.5) is 0 Å². The lowest BCUT2D eigenvalue weighted by molar-refractivity contribution is 0.366. The molecule has 0 aromatic heterocycles. The molecule has 2 rings (SSSR count). The van der Waals surface area contributed by atoms with Gasteiger partial charge in [-0.05, 0) is 30.6 Å². The van der Waals surface area contributed by atoms with Crippen molar-refractivity contribution in [3.63, 3.8) is 0 Å². The lowest BCUT2D eigenvalue weighted by Crippen LogP contribution is -2.03. The van der Waals surface area contributed by atoms with Crippen molar-refractivity contribution < 1.29 is 0 Å². The van der Waals surface area contributed by atoms with E-state index in [2.05, 4.69) is 6.92 Å². The summed E-state index contributed by atoms with van der Waals surface area (Å²) in [6, 6.07) is 0. The lowest BCUT2D eigenvalue weighted by atomic mass is 9.90. The van der Waals surface area contributed by atoms with Crippen LogP contribution in [0.2, 0.25) is 0 Å². The van der Waals surface area contributed by atoms with E-state index in [0.717, 1.165) is 11.3 Å². The van der Waals surface area contributed by atoms with Crippen molar-refractivity contribution in [1.82, 2.24) is 0 Å². The van der Waals surface area contributed by atoms with Crippen molar-refractivity contribution in [3.8, 4) is 0 Å². The van der Waals surface area contributed by atoms with Gasteiger partial charge in [0.15, 0.2) is 0 Å². The van der Waals surface area contributed by atoms with Crippen molar-refractivity contribution in [1.29, 1.82) is 0 Å². The zero-order valence-corrected chi connectivity index (χ0v) is 5.61. The Bertz CT molecular complexity index is 105. The molecule has 0 amide bonds. The maximum Gasteiger partial charge on any atom is -0.0294 e. The Morgan fingerprint density at radius 1 is 1.38 bits per heavy atom. The maximum absolute atomic E-state index is 2.46. The molecule has 2 aliphatic carbocycles. The van der Waals surface area contributed by atoms with Gasteiger partial charge in [0, 0.05) is 0 Å². The molecule has 2 unspecified atom stereocenters. The van der Waals surface area contributed by atoms with E-state index in [1.807, 2.05) is 0 Å². The number of hydrogen-bond acceptors (Lipinski definition) is 0. The molecule has 2 atom stereocenters. The molecular formula is C8H14. The van der Waals surface area contributed by atoms with E-state index >= 15 is 0 Å². The molecule has 0 bridgehead atoms. The third-order valence-corrected chi connectivity index (χ3v) is 3.09. The van der Waals surface area contributed by atoms with Gasteiger partial charge in [-0.1, -0.05) is 19.8 Å². The lowest BCUT2D eigenvalue weighted by Gasteiger charge is -2.15. The third-order valence-electron chi connectivity index (χ3n) is 3.09. The summed E-state index contributed by atoms with van der Waals surface area (Å²) in [5.41, 5.74) is 0.845. The van der Waals surface area contributed by atoms with Crippen LogP contribution in [0.3, 0.4) is 0 Å². The third kappa shape index (κ3) is 0.519. The van der Waals surface area contributed by atoms with E-state index in [1.165, 1.54) is 25.7 Å². The van der Waals surface area contributed by atoms with E-state index < -0.39 is 0 Å². The van der Waals surface area contributed by atoms with Crippen LogP contribution >= 0.6 is 0 Å². The average molecular weight is 110 g/mol. The monoisotopic (exact) mass is 110 g/mol. The Balaban J connectivity index is 2.04. The summed E-state index contributed by atoms with van der Waals surface area (Å²) < 4.78 is 0. The van der Waals surface area contributed by atoms with Gasteiger partial charge in [0.1, 0.15) is 0 Å². The highest BCUT2D eigenvalue weighted by atomic mass is 14.5. The Morgan fingerprint density at radius 3 is 2.75 bits per heavy atom. The molecule has 2 saturated carbocycles. The van der Waals surface area contributed by atoms with Crippen molar-refractivity contribution in [2.45, 2.75) is 39.0 Å². The van der Waals surface area contributed by atoms with Crippen LogP contribution in [0.15, 0.2) is 0 Å². The van der Waals surface area contributed by atoms with Gasteiger partial charge in [-0.15, -0.1) is 0 Å². The second kappa shape index (κ2) is 1.29. The molecule has 0 heteroatoms. The Morgan fingerprint density at radius 2 is 2.25 bits per heavy atom. The first kappa shape index (κ1) is 4.84. The topological polar surface area (TPSA) is 0 Å². The van der Waals surface area contributed by atoms with E-state index in [9.17, 15) is 0 Å². The average Bonchev–Trinajstić information content (AvgIpc) is 2.39. The van der Waals surface area contributed by atoms with Gasteiger partial charge < -0.3 is 0 Å². The molecule has 0 radical (unpaired) electrons. The summed E-state index contributed by atoms with van der Waals surface area (Å²) in [6.45, 7) is 2.46. The first-order valence-electron chi connectivity index (χ1n) is 3.81. The zero-order valence-electron chi connectivity index (χ0n) is 5.61. The first-order chi connectivity index (χ1) is 3.81. The van der Waals surface area contributed by atoms with Gasteiger partial charge in [-0.25, -0.2) is 0 Å². The van der Waals surface area contributed by atoms with E-state index in [-0.39, 0.29) is 0 Å². The molecule has 0 aromatic carbocycles. The highest BCUT2D eigenvalue weighted by molar-refractivity contribution is 5.00. The van der Waals surface area contributed by atoms with Gasteiger partial charge in [0.2, 0.25) is 0 Å². The minimum Gasteiger partial charge on any atom is -0.0594 e. The van der Waals surface area contributed by atoms with Gasteiger partial charge in [-0.2, -0.15) is 0 Å². The second-order valence-corrected chi connectivity index (χ2v) is 3.80. The largest absolute Gasteiger partial charge is 0.0594 e. The van der Waals surface area contributed by atoms with Crippen molar-refractivity contribution >= 4 is 0 Å². The van der Waals surface area contributed by atoms with E-state index in [4.69, 9.17) is 0 Å². The molecule has 0 nitrogen and oxygen atoms in total. The van der Waals surface area contributed by atoms with Crippen molar-refractivity contribution in [2.24, 2.45) is 11.3 Å². The fourth-order valence-electron chi connectivity index (χ4n) is 2.18. The van der Waals surface area contributed by atoms with Gasteiger partial charge in [-0.3, -0.25) is 0 Å². The zero-order chi connectivity index (χ0) is 5.61. The normalized spacial score (nSPS) is 52.9. The Labute approximate surface area is 51.3 Å². The van der Waals surface area contributed by atoms with E-state index in [1.54, 1.807) is 6.42 Å². The second-order valence-electron chi connectivity index (χ2n) is 3.80. The quantitative estimate of drug-likeness (QED) is 0.449. The maximum atomic E-state index is 2.46. The van der Waals surface area contributed by atoms with Crippen LogP contribution < -0.4 is 0 Å². The molecule has 2 fully saturated rings. The van der Waals surface area contributed by atoms with Crippen LogP contribution in [0.1, 0.15) is 39.0 Å². The summed E-state index contributed by atoms with van der Waals surface area (Å²) in [6.07, 6.45) is 7.63. The molecule has 0 aromatic rings. The van der Waals surface area contributed by atoms with Gasteiger partial charge in [0.05, 0.1) is 0 Å². The van der Waals surface area contributed by atoms with Crippen LogP contribution in [-0.2, 0) is 0 Å². The fourth-order valence-corrected chi connectivity index (χ4v) is 2.18. The Kier molecular flexibility index (Phi) is 0.778. The molecule has 0 saturated heterocycles. The summed E-state index contributed by atoms with van der Waals surface area (Å²) in [5, 5.41) is 0. The smallest absolute Gasteiger partial charge is 0.0294 e. The minimum atomic E-state index is 0.845. The number of hydrogen-bond donors (Lipinski definition) is 0. The summed E-state index contributed by atoms with van der Waals surface area (Å²) >= 11 is 0. The SMILES string of the molecule is CC12CCCCC1C2. The molecule has 0 aliphatic heterocycles. The highest BCUT2D eigenvalue weighted by Crippen LogP contribution is 2.60. The number of fused-ring (bicyclic) bond motifs is 1. The van der Waals surface area contributed by atoms with Gasteiger partial charge in [0.25, 0.3) is 0 Å². The molecular weight excluding hydrogens is 96.1 g/mol. The summed E-state index contributed by atoms with van der Waals surface area (Å²) in [4.78, 5) is 0. The number of rotatable bonds is 0. The molecule has 0 heterocycles. The molecule has 0 spiro atoms. The van der Waals surface area contributed by atoms with Crippen LogP contribution in [-0.4, -0.2) is 0 Å². The van der Waals surface area contributed by atoms with Crippen molar-refractivity contribution in [2.75, 3.05) is 0 Å². The summed E-state index contributed by atoms with van der Waals surface area (Å²) in [7, 11) is 0. The molecule has 0 N–H and O–H groups in total. The summed E-state index contributed by atoms with van der Waals surface area (Å²) in [5.74, 6) is 1.15. The highest BCUT2D eigenvalue weighted by Gasteiger charge is 2.50. The first-order valence-corrected chi connectivity index (χ1v) is 3.81.